The van der Waals surface area contributed by atoms with Crippen LogP contribution in [0, 0.1) is 11.3 Å². The van der Waals surface area contributed by atoms with E-state index in [4.69, 9.17) is 28.5 Å². The van der Waals surface area contributed by atoms with Crippen molar-refractivity contribution in [2.24, 2.45) is 0 Å². The number of aromatic amines is 1. The van der Waals surface area contributed by atoms with Crippen LogP contribution >= 0.6 is 23.2 Å². The van der Waals surface area contributed by atoms with Crippen LogP contribution in [0.4, 0.5) is 0 Å². The molecule has 0 saturated heterocycles. The van der Waals surface area contributed by atoms with Gasteiger partial charge in [-0.15, -0.1) is 0 Å². The normalized spacial score (nSPS) is 11.1. The first-order valence-corrected chi connectivity index (χ1v) is 5.12. The number of halogens is 2. The summed E-state index contributed by atoms with van der Waals surface area (Å²) >= 11 is 10.9. The number of nitriles is 1. The third-order valence-corrected chi connectivity index (χ3v) is 2.02. The van der Waals surface area contributed by atoms with Crippen molar-refractivity contribution in [1.29, 1.82) is 5.26 Å². The van der Waals surface area contributed by atoms with Gasteiger partial charge >= 0.3 is 0 Å². The summed E-state index contributed by atoms with van der Waals surface area (Å²) in [5.41, 5.74) is 0. The quantitative estimate of drug-likeness (QED) is 0.854. The molecule has 2 aromatic rings. The summed E-state index contributed by atoms with van der Waals surface area (Å²) in [6.07, 6.45) is 6.29. The van der Waals surface area contributed by atoms with Crippen LogP contribution in [-0.4, -0.2) is 20.0 Å². The van der Waals surface area contributed by atoms with Gasteiger partial charge in [0.05, 0.1) is 28.5 Å². The molecule has 0 fully saturated rings. The molecule has 0 amide bonds. The van der Waals surface area contributed by atoms with Crippen molar-refractivity contribution < 1.29 is 0 Å². The highest BCUT2D eigenvalue weighted by Crippen LogP contribution is 2.09. The molecule has 2 rings (SSSR count). The van der Waals surface area contributed by atoms with E-state index in [1.54, 1.807) is 25.5 Å². The minimum Gasteiger partial charge on any atom is -0.284 e. The lowest BCUT2D eigenvalue weighted by atomic mass is 10.4. The van der Waals surface area contributed by atoms with Gasteiger partial charge in [-0.25, -0.2) is 0 Å². The second kappa shape index (κ2) is 6.16. The first kappa shape index (κ1) is 12.6. The van der Waals surface area contributed by atoms with Crippen molar-refractivity contribution in [3.8, 4) is 6.07 Å². The van der Waals surface area contributed by atoms with Crippen LogP contribution in [0.2, 0.25) is 10.0 Å². The van der Waals surface area contributed by atoms with E-state index in [2.05, 4.69) is 15.3 Å². The first-order valence-electron chi connectivity index (χ1n) is 4.37. The molecule has 84 valence electrons. The molecule has 0 radical (unpaired) electrons. The van der Waals surface area contributed by atoms with Crippen LogP contribution in [0.3, 0.4) is 0 Å². The highest BCUT2D eigenvalue weighted by Gasteiger charge is 2.02. The van der Waals surface area contributed by atoms with Crippen LogP contribution in [0.25, 0.3) is 0 Å². The van der Waals surface area contributed by atoms with Crippen LogP contribution in [0.15, 0.2) is 24.8 Å². The molecule has 16 heavy (non-hydrogen) atoms. The molecule has 0 aromatic carbocycles. The largest absolute Gasteiger partial charge is 0.284 e. The van der Waals surface area contributed by atoms with Gasteiger partial charge in [-0.05, 0) is 6.92 Å². The van der Waals surface area contributed by atoms with Crippen LogP contribution in [0.5, 0.6) is 0 Å². The molecule has 0 aliphatic carbocycles. The molecule has 2 aromatic heterocycles. The topological polar surface area (TPSA) is 70.3 Å². The lowest BCUT2D eigenvalue weighted by molar-refractivity contribution is 0.591. The number of hydrogen-bond acceptors (Lipinski definition) is 3. The smallest absolute Gasteiger partial charge is 0.135 e. The van der Waals surface area contributed by atoms with Crippen molar-refractivity contribution in [2.75, 3.05) is 0 Å². The molecular formula is C9H9Cl2N5. The van der Waals surface area contributed by atoms with Gasteiger partial charge in [-0.2, -0.15) is 15.5 Å². The summed E-state index contributed by atoms with van der Waals surface area (Å²) in [5.74, 6) is 0. The molecule has 0 aliphatic rings. The number of nitrogens with zero attached hydrogens (tertiary/aromatic N) is 4. The molecule has 0 saturated carbocycles. The molecule has 5 nitrogen and oxygen atoms in total. The van der Waals surface area contributed by atoms with Gasteiger partial charge < -0.3 is 0 Å². The van der Waals surface area contributed by atoms with E-state index in [1.165, 1.54) is 10.9 Å². The van der Waals surface area contributed by atoms with E-state index < -0.39 is 0 Å². The Labute approximate surface area is 103 Å². The van der Waals surface area contributed by atoms with Gasteiger partial charge in [-0.3, -0.25) is 9.78 Å². The Bertz CT molecular complexity index is 456. The molecule has 1 unspecified atom stereocenters. The summed E-state index contributed by atoms with van der Waals surface area (Å²) in [6, 6.07) is 1.79. The average Bonchev–Trinajstić information content (AvgIpc) is 2.89. The van der Waals surface area contributed by atoms with Gasteiger partial charge in [0.1, 0.15) is 6.04 Å². The van der Waals surface area contributed by atoms with Crippen LogP contribution in [0.1, 0.15) is 13.0 Å². The minimum absolute atomic E-state index is 0.243. The second-order valence-electron chi connectivity index (χ2n) is 2.86. The van der Waals surface area contributed by atoms with Gasteiger partial charge in [0, 0.05) is 12.4 Å². The second-order valence-corrected chi connectivity index (χ2v) is 3.73. The van der Waals surface area contributed by atoms with Crippen molar-refractivity contribution in [3.63, 3.8) is 0 Å². The van der Waals surface area contributed by atoms with Gasteiger partial charge in [-0.1, -0.05) is 23.2 Å². The van der Waals surface area contributed by atoms with Gasteiger partial charge in [0.15, 0.2) is 0 Å². The number of rotatable bonds is 1. The maximum Gasteiger partial charge on any atom is 0.135 e. The molecule has 1 N–H and O–H groups in total. The zero-order valence-corrected chi connectivity index (χ0v) is 9.94. The van der Waals surface area contributed by atoms with E-state index in [9.17, 15) is 0 Å². The summed E-state index contributed by atoms with van der Waals surface area (Å²) < 4.78 is 1.52. The van der Waals surface area contributed by atoms with Gasteiger partial charge in [0.2, 0.25) is 0 Å². The highest BCUT2D eigenvalue weighted by atomic mass is 35.5. The third-order valence-electron chi connectivity index (χ3n) is 1.62. The SMILES string of the molecule is CC(C#N)n1cc(Cl)cn1.Clc1cn[nH]c1. The van der Waals surface area contributed by atoms with Gasteiger partial charge in [0.25, 0.3) is 0 Å². The first-order chi connectivity index (χ1) is 7.63. The Hall–Kier alpha value is -1.51. The number of H-pyrrole nitrogens is 1. The lowest BCUT2D eigenvalue weighted by Gasteiger charge is -1.98. The molecular weight excluding hydrogens is 249 g/mol. The third kappa shape index (κ3) is 3.93. The Morgan fingerprint density at radius 3 is 2.50 bits per heavy atom. The highest BCUT2D eigenvalue weighted by molar-refractivity contribution is 6.30. The maximum atomic E-state index is 8.44. The Kier molecular flexibility index (Phi) is 4.83. The zero-order chi connectivity index (χ0) is 12.0. The monoisotopic (exact) mass is 257 g/mol. The number of aromatic nitrogens is 4. The molecule has 7 heteroatoms. The predicted molar refractivity (Wildman–Crippen MR) is 61.2 cm³/mol. The Balaban J connectivity index is 0.000000181. The van der Waals surface area contributed by atoms with Crippen molar-refractivity contribution in [2.45, 2.75) is 13.0 Å². The zero-order valence-electron chi connectivity index (χ0n) is 8.43. The predicted octanol–water partition coefficient (Wildman–Crippen LogP) is 2.68. The molecule has 0 bridgehead atoms. The van der Waals surface area contributed by atoms with Crippen molar-refractivity contribution >= 4 is 23.2 Å². The number of nitrogens with one attached hydrogen (secondary N) is 1. The lowest BCUT2D eigenvalue weighted by Crippen LogP contribution is -2.01. The fourth-order valence-electron chi connectivity index (χ4n) is 0.821. The van der Waals surface area contributed by atoms with Crippen molar-refractivity contribution in [3.05, 3.63) is 34.8 Å². The fraction of sp³-hybridized carbons (Fsp3) is 0.222. The fourth-order valence-corrected chi connectivity index (χ4v) is 1.06. The summed E-state index contributed by atoms with van der Waals surface area (Å²) in [6.45, 7) is 1.75. The van der Waals surface area contributed by atoms with E-state index in [-0.39, 0.29) is 6.04 Å². The Morgan fingerprint density at radius 2 is 2.19 bits per heavy atom. The summed E-state index contributed by atoms with van der Waals surface area (Å²) in [7, 11) is 0. The standard InChI is InChI=1S/C6H6ClN3.C3H3ClN2/c1-5(2-8)10-4-6(7)3-9-10;4-3-1-5-6-2-3/h3-5H,1H3;1-2H,(H,5,6). The minimum atomic E-state index is -0.243. The maximum absolute atomic E-state index is 8.44. The molecule has 1 atom stereocenters. The average molecular weight is 258 g/mol. The number of hydrogen-bond donors (Lipinski definition) is 1. The van der Waals surface area contributed by atoms with Crippen molar-refractivity contribution in [1.82, 2.24) is 20.0 Å². The molecule has 0 spiro atoms. The van der Waals surface area contributed by atoms with E-state index >= 15 is 0 Å². The Morgan fingerprint density at radius 1 is 1.44 bits per heavy atom. The van der Waals surface area contributed by atoms with Crippen LogP contribution in [-0.2, 0) is 0 Å². The summed E-state index contributed by atoms with van der Waals surface area (Å²) in [4.78, 5) is 0. The molecule has 0 aliphatic heterocycles. The van der Waals surface area contributed by atoms with Crippen LogP contribution < -0.4 is 0 Å². The summed E-state index contributed by atoms with van der Waals surface area (Å²) in [5, 5.41) is 19.6. The van der Waals surface area contributed by atoms with E-state index in [0.29, 0.717) is 10.0 Å². The van der Waals surface area contributed by atoms with E-state index in [0.717, 1.165) is 0 Å². The van der Waals surface area contributed by atoms with E-state index in [1.807, 2.05) is 6.07 Å². The molecule has 2 heterocycles.